The molecule has 5 rings (SSSR count). The minimum atomic E-state index is -1.22. The number of rotatable bonds is 15. The fourth-order valence-corrected chi connectivity index (χ4v) is 8.06. The fraction of sp³-hybridized carbons (Fsp3) is 0.528. The Balaban J connectivity index is 1.52. The van der Waals surface area contributed by atoms with Gasteiger partial charge < -0.3 is 14.4 Å². The van der Waals surface area contributed by atoms with Crippen molar-refractivity contribution in [2.45, 2.75) is 89.9 Å². The largest absolute Gasteiger partial charge is 0.361 e. The van der Waals surface area contributed by atoms with Crippen molar-refractivity contribution in [2.75, 3.05) is 31.6 Å². The molecular weight excluding hydrogens is 671 g/mol. The minimum Gasteiger partial charge on any atom is -0.361 e. The maximum atomic E-state index is 6.36. The number of hydrogen-bond acceptors (Lipinski definition) is 6. The molecule has 3 aromatic heterocycles. The van der Waals surface area contributed by atoms with Crippen molar-refractivity contribution in [3.8, 4) is 22.4 Å². The number of halogens is 1. The van der Waals surface area contributed by atoms with Crippen molar-refractivity contribution in [1.82, 2.24) is 19.6 Å². The van der Waals surface area contributed by atoms with Gasteiger partial charge in [-0.05, 0) is 46.4 Å². The molecule has 1 aromatic carbocycles. The van der Waals surface area contributed by atoms with Crippen LogP contribution in [0.1, 0.15) is 37.8 Å². The lowest BCUT2D eigenvalue weighted by Gasteiger charge is -2.28. The topological polar surface area (TPSA) is 64.8 Å². The molecule has 7 nitrogen and oxygen atoms in total. The third-order valence-electron chi connectivity index (χ3n) is 8.77. The number of benzene rings is 1. The first-order valence-electron chi connectivity index (χ1n) is 17.0. The van der Waals surface area contributed by atoms with E-state index in [1.165, 1.54) is 32.1 Å². The van der Waals surface area contributed by atoms with Gasteiger partial charge in [-0.2, -0.15) is 9.61 Å². The predicted octanol–water partition coefficient (Wildman–Crippen LogP) is 9.77. The van der Waals surface area contributed by atoms with Gasteiger partial charge in [0.1, 0.15) is 13.5 Å². The molecule has 1 saturated carbocycles. The van der Waals surface area contributed by atoms with Crippen molar-refractivity contribution in [3.63, 3.8) is 0 Å². The van der Waals surface area contributed by atoms with E-state index in [4.69, 9.17) is 24.5 Å². The highest BCUT2D eigenvalue weighted by molar-refractivity contribution is 9.10. The molecular formula is C36H52BrN5O2Si2. The molecule has 0 radical (unpaired) electrons. The van der Waals surface area contributed by atoms with Crippen molar-refractivity contribution < 1.29 is 9.47 Å². The second kappa shape index (κ2) is 15.7. The molecule has 4 aromatic rings. The van der Waals surface area contributed by atoms with Gasteiger partial charge in [-0.25, -0.2) is 4.98 Å². The number of ether oxygens (including phenoxy) is 2. The van der Waals surface area contributed by atoms with Gasteiger partial charge in [0.15, 0.2) is 11.5 Å². The van der Waals surface area contributed by atoms with Gasteiger partial charge in [0.05, 0.1) is 22.1 Å². The monoisotopic (exact) mass is 721 g/mol. The van der Waals surface area contributed by atoms with Crippen LogP contribution in [-0.4, -0.2) is 62.4 Å². The normalized spacial score (nSPS) is 14.7. The summed E-state index contributed by atoms with van der Waals surface area (Å²) in [5.41, 5.74) is 5.96. The summed E-state index contributed by atoms with van der Waals surface area (Å²) in [5, 5.41) is 4.94. The SMILES string of the molecule is C[Si](C)(C)CCOCN(COCC[Si](C)(C)C)c1c(Br)c(CC2CCCCC2)nc2c(-c3ccc(-c4ccccc4)nc3)cnn12. The zero-order valence-corrected chi connectivity index (χ0v) is 32.3. The first-order valence-corrected chi connectivity index (χ1v) is 25.2. The lowest BCUT2D eigenvalue weighted by Crippen LogP contribution is -2.34. The zero-order valence-electron chi connectivity index (χ0n) is 28.7. The van der Waals surface area contributed by atoms with Crippen LogP contribution in [0, 0.1) is 5.92 Å². The molecule has 10 heteroatoms. The summed E-state index contributed by atoms with van der Waals surface area (Å²) in [6.45, 7) is 16.7. The minimum absolute atomic E-state index is 0.431. The molecule has 0 aliphatic heterocycles. The van der Waals surface area contributed by atoms with Gasteiger partial charge in [0.25, 0.3) is 0 Å². The van der Waals surface area contributed by atoms with Gasteiger partial charge in [0.2, 0.25) is 0 Å². The summed E-state index contributed by atoms with van der Waals surface area (Å²) in [7, 11) is -2.44. The van der Waals surface area contributed by atoms with E-state index >= 15 is 0 Å². The van der Waals surface area contributed by atoms with Gasteiger partial charge in [-0.3, -0.25) is 4.98 Å². The van der Waals surface area contributed by atoms with Crippen LogP contribution in [0.3, 0.4) is 0 Å². The van der Waals surface area contributed by atoms with Crippen LogP contribution in [0.25, 0.3) is 28.0 Å². The van der Waals surface area contributed by atoms with Crippen molar-refractivity contribution in [2.24, 2.45) is 5.92 Å². The molecule has 1 aliphatic carbocycles. The van der Waals surface area contributed by atoms with Crippen LogP contribution in [0.4, 0.5) is 5.82 Å². The second-order valence-electron chi connectivity index (χ2n) is 15.2. The molecule has 1 fully saturated rings. The standard InChI is InChI=1S/C36H52BrN5O2Si2/c1-45(2,3)21-19-43-26-41(27-44-20-22-46(4,5)6)36-34(37)33(23-28-13-9-7-10-14-28)40-35-31(25-39-42(35)36)30-17-18-32(38-24-30)29-15-11-8-12-16-29/h8,11-12,15-18,24-25,28H,7,9-10,13-14,19-23,26-27H2,1-6H3. The van der Waals surface area contributed by atoms with Crippen LogP contribution in [0.5, 0.6) is 0 Å². The highest BCUT2D eigenvalue weighted by Gasteiger charge is 2.26. The number of anilines is 1. The van der Waals surface area contributed by atoms with Crippen molar-refractivity contribution in [1.29, 1.82) is 0 Å². The van der Waals surface area contributed by atoms with Crippen LogP contribution in [0.15, 0.2) is 59.3 Å². The van der Waals surface area contributed by atoms with E-state index in [1.807, 2.05) is 35.1 Å². The zero-order chi connectivity index (χ0) is 32.7. The number of pyridine rings is 1. The highest BCUT2D eigenvalue weighted by Crippen LogP contribution is 2.37. The molecule has 0 amide bonds. The van der Waals surface area contributed by atoms with E-state index in [9.17, 15) is 0 Å². The van der Waals surface area contributed by atoms with Crippen LogP contribution in [-0.2, 0) is 15.9 Å². The molecule has 0 bridgehead atoms. The van der Waals surface area contributed by atoms with Crippen LogP contribution < -0.4 is 4.90 Å². The summed E-state index contributed by atoms with van der Waals surface area (Å²) in [5.74, 6) is 1.58. The quantitative estimate of drug-likeness (QED) is 0.0692. The van der Waals surface area contributed by atoms with E-state index in [0.29, 0.717) is 19.4 Å². The van der Waals surface area contributed by atoms with E-state index in [1.54, 1.807) is 0 Å². The number of aromatic nitrogens is 4. The molecule has 0 spiro atoms. The van der Waals surface area contributed by atoms with E-state index in [2.05, 4.69) is 84.4 Å². The Morgan fingerprint density at radius 3 is 2.07 bits per heavy atom. The predicted molar refractivity (Wildman–Crippen MR) is 200 cm³/mol. The Labute approximate surface area is 286 Å². The Morgan fingerprint density at radius 2 is 1.48 bits per heavy atom. The Morgan fingerprint density at radius 1 is 0.826 bits per heavy atom. The van der Waals surface area contributed by atoms with Crippen LogP contribution >= 0.6 is 15.9 Å². The summed E-state index contributed by atoms with van der Waals surface area (Å²) in [4.78, 5) is 12.3. The maximum Gasteiger partial charge on any atom is 0.165 e. The molecule has 0 unspecified atom stereocenters. The molecule has 248 valence electrons. The van der Waals surface area contributed by atoms with Gasteiger partial charge in [0, 0.05) is 52.2 Å². The lowest BCUT2D eigenvalue weighted by molar-refractivity contribution is 0.0941. The Bertz CT molecular complexity index is 1520. The van der Waals surface area contributed by atoms with Gasteiger partial charge >= 0.3 is 0 Å². The second-order valence-corrected chi connectivity index (χ2v) is 27.3. The van der Waals surface area contributed by atoms with E-state index in [-0.39, 0.29) is 0 Å². The molecule has 46 heavy (non-hydrogen) atoms. The Kier molecular flexibility index (Phi) is 11.9. The highest BCUT2D eigenvalue weighted by atomic mass is 79.9. The first kappa shape index (κ1) is 34.9. The van der Waals surface area contributed by atoms with E-state index < -0.39 is 16.1 Å². The van der Waals surface area contributed by atoms with Crippen molar-refractivity contribution >= 4 is 43.5 Å². The summed E-state index contributed by atoms with van der Waals surface area (Å²) in [6.07, 6.45) is 11.3. The molecule has 1 aliphatic rings. The summed E-state index contributed by atoms with van der Waals surface area (Å²) in [6, 6.07) is 16.8. The fourth-order valence-electron chi connectivity index (χ4n) is 5.88. The first-order chi connectivity index (χ1) is 22.0. The third kappa shape index (κ3) is 9.59. The van der Waals surface area contributed by atoms with Crippen LogP contribution in [0.2, 0.25) is 51.4 Å². The molecule has 0 atom stereocenters. The number of fused-ring (bicyclic) bond motifs is 1. The number of nitrogens with zero attached hydrogens (tertiary/aromatic N) is 5. The Hall–Kier alpha value is -2.38. The average Bonchev–Trinajstić information content (AvgIpc) is 3.44. The van der Waals surface area contributed by atoms with Gasteiger partial charge in [-0.1, -0.05) is 108 Å². The maximum absolute atomic E-state index is 6.36. The summed E-state index contributed by atoms with van der Waals surface area (Å²) < 4.78 is 15.7. The molecule has 0 saturated heterocycles. The number of hydrogen-bond donors (Lipinski definition) is 0. The third-order valence-corrected chi connectivity index (χ3v) is 13.0. The van der Waals surface area contributed by atoms with E-state index in [0.717, 1.165) is 75.7 Å². The van der Waals surface area contributed by atoms with Gasteiger partial charge in [-0.15, -0.1) is 0 Å². The lowest BCUT2D eigenvalue weighted by atomic mass is 9.86. The molecule has 0 N–H and O–H groups in total. The smallest absolute Gasteiger partial charge is 0.165 e. The average molecular weight is 723 g/mol. The summed E-state index contributed by atoms with van der Waals surface area (Å²) >= 11 is 4.04. The van der Waals surface area contributed by atoms with Crippen molar-refractivity contribution in [3.05, 3.63) is 65.0 Å². The molecule has 3 heterocycles.